The van der Waals surface area contributed by atoms with Gasteiger partial charge in [-0.1, -0.05) is 0 Å². The molecule has 0 aromatic rings. The van der Waals surface area contributed by atoms with Gasteiger partial charge in [0.1, 0.15) is 6.10 Å². The van der Waals surface area contributed by atoms with E-state index in [1.54, 1.807) is 0 Å². The van der Waals surface area contributed by atoms with Crippen molar-refractivity contribution in [2.24, 2.45) is 0 Å². The Labute approximate surface area is 78.6 Å². The molecular formula is C9H17NO3. The third-order valence-corrected chi connectivity index (χ3v) is 2.05. The smallest absolute Gasteiger partial charge is 0.307 e. The summed E-state index contributed by atoms with van der Waals surface area (Å²) in [5.41, 5.74) is 0. The minimum absolute atomic E-state index is 0.0816. The molecule has 1 heterocycles. The highest BCUT2D eigenvalue weighted by molar-refractivity contribution is 5.69. The van der Waals surface area contributed by atoms with Crippen molar-refractivity contribution in [3.05, 3.63) is 0 Å². The number of rotatable bonds is 4. The van der Waals surface area contributed by atoms with E-state index < -0.39 is 0 Å². The van der Waals surface area contributed by atoms with Gasteiger partial charge in [0.15, 0.2) is 0 Å². The van der Waals surface area contributed by atoms with E-state index in [1.807, 2.05) is 7.05 Å². The first-order chi connectivity index (χ1) is 6.33. The molecule has 0 aliphatic carbocycles. The summed E-state index contributed by atoms with van der Waals surface area (Å²) in [6, 6.07) is 0. The molecule has 1 rings (SSSR count). The number of carbonyl (C=O) groups excluding carboxylic acids is 1. The summed E-state index contributed by atoms with van der Waals surface area (Å²) in [6.07, 6.45) is 2.21. The standard InChI is InChI=1S/C9H17NO3/c1-10-5-2-9(11)13-8-3-6-12-7-4-8/h8,10H,2-7H2,1H3. The Bertz CT molecular complexity index is 155. The molecule has 0 radical (unpaired) electrons. The molecule has 0 atom stereocenters. The van der Waals surface area contributed by atoms with E-state index in [0.717, 1.165) is 12.8 Å². The number of hydrogen-bond acceptors (Lipinski definition) is 4. The second-order valence-corrected chi connectivity index (χ2v) is 3.16. The Morgan fingerprint density at radius 2 is 2.23 bits per heavy atom. The summed E-state index contributed by atoms with van der Waals surface area (Å²) in [7, 11) is 1.82. The van der Waals surface area contributed by atoms with Gasteiger partial charge in [-0.2, -0.15) is 0 Å². The highest BCUT2D eigenvalue weighted by Gasteiger charge is 2.17. The van der Waals surface area contributed by atoms with E-state index in [0.29, 0.717) is 26.2 Å². The molecule has 76 valence electrons. The summed E-state index contributed by atoms with van der Waals surface area (Å²) < 4.78 is 10.4. The first kappa shape index (κ1) is 10.5. The highest BCUT2D eigenvalue weighted by Crippen LogP contribution is 2.10. The van der Waals surface area contributed by atoms with E-state index in [-0.39, 0.29) is 12.1 Å². The fourth-order valence-corrected chi connectivity index (χ4v) is 1.27. The lowest BCUT2D eigenvalue weighted by atomic mass is 10.1. The first-order valence-corrected chi connectivity index (χ1v) is 4.74. The van der Waals surface area contributed by atoms with Crippen LogP contribution < -0.4 is 5.32 Å². The van der Waals surface area contributed by atoms with Gasteiger partial charge in [-0.3, -0.25) is 4.79 Å². The van der Waals surface area contributed by atoms with Gasteiger partial charge in [0.05, 0.1) is 19.6 Å². The largest absolute Gasteiger partial charge is 0.462 e. The van der Waals surface area contributed by atoms with Gasteiger partial charge >= 0.3 is 5.97 Å². The zero-order chi connectivity index (χ0) is 9.52. The van der Waals surface area contributed by atoms with Gasteiger partial charge in [0.25, 0.3) is 0 Å². The van der Waals surface area contributed by atoms with Crippen LogP contribution in [-0.2, 0) is 14.3 Å². The lowest BCUT2D eigenvalue weighted by Crippen LogP contribution is -2.27. The lowest BCUT2D eigenvalue weighted by Gasteiger charge is -2.22. The maximum absolute atomic E-state index is 11.2. The number of carbonyl (C=O) groups is 1. The quantitative estimate of drug-likeness (QED) is 0.644. The Hall–Kier alpha value is -0.610. The Kier molecular flexibility index (Phi) is 4.78. The topological polar surface area (TPSA) is 47.6 Å². The molecule has 13 heavy (non-hydrogen) atoms. The van der Waals surface area contributed by atoms with Crippen LogP contribution in [0.3, 0.4) is 0 Å². The minimum Gasteiger partial charge on any atom is -0.462 e. The maximum Gasteiger partial charge on any atom is 0.307 e. The molecule has 1 N–H and O–H groups in total. The van der Waals surface area contributed by atoms with Crippen molar-refractivity contribution in [2.75, 3.05) is 26.8 Å². The van der Waals surface area contributed by atoms with Crippen LogP contribution in [-0.4, -0.2) is 38.9 Å². The van der Waals surface area contributed by atoms with Crippen molar-refractivity contribution in [1.29, 1.82) is 0 Å². The van der Waals surface area contributed by atoms with Crippen molar-refractivity contribution >= 4 is 5.97 Å². The Balaban J connectivity index is 2.11. The van der Waals surface area contributed by atoms with Gasteiger partial charge in [-0.15, -0.1) is 0 Å². The lowest BCUT2D eigenvalue weighted by molar-refractivity contribution is -0.152. The average molecular weight is 187 g/mol. The third kappa shape index (κ3) is 4.24. The van der Waals surface area contributed by atoms with Crippen LogP contribution in [0, 0.1) is 0 Å². The molecule has 0 aromatic carbocycles. The third-order valence-electron chi connectivity index (χ3n) is 2.05. The van der Waals surface area contributed by atoms with Crippen molar-refractivity contribution in [2.45, 2.75) is 25.4 Å². The van der Waals surface area contributed by atoms with Crippen molar-refractivity contribution in [3.8, 4) is 0 Å². The second-order valence-electron chi connectivity index (χ2n) is 3.16. The molecule has 0 bridgehead atoms. The molecule has 0 spiro atoms. The van der Waals surface area contributed by atoms with E-state index in [4.69, 9.17) is 9.47 Å². The van der Waals surface area contributed by atoms with Crippen molar-refractivity contribution < 1.29 is 14.3 Å². The molecular weight excluding hydrogens is 170 g/mol. The monoisotopic (exact) mass is 187 g/mol. The summed E-state index contributed by atoms with van der Waals surface area (Å²) in [4.78, 5) is 11.2. The predicted molar refractivity (Wildman–Crippen MR) is 48.5 cm³/mol. The summed E-state index contributed by atoms with van der Waals surface area (Å²) in [6.45, 7) is 2.11. The average Bonchev–Trinajstić information content (AvgIpc) is 2.16. The fraction of sp³-hybridized carbons (Fsp3) is 0.889. The van der Waals surface area contributed by atoms with E-state index >= 15 is 0 Å². The van der Waals surface area contributed by atoms with Crippen LogP contribution in [0.15, 0.2) is 0 Å². The van der Waals surface area contributed by atoms with Gasteiger partial charge in [-0.25, -0.2) is 0 Å². The highest BCUT2D eigenvalue weighted by atomic mass is 16.5. The molecule has 0 saturated carbocycles. The maximum atomic E-state index is 11.2. The summed E-state index contributed by atoms with van der Waals surface area (Å²) in [5.74, 6) is -0.110. The molecule has 1 fully saturated rings. The van der Waals surface area contributed by atoms with E-state index in [2.05, 4.69) is 5.32 Å². The van der Waals surface area contributed by atoms with Crippen LogP contribution in [0.4, 0.5) is 0 Å². The molecule has 1 aliphatic rings. The number of nitrogens with one attached hydrogen (secondary N) is 1. The Morgan fingerprint density at radius 1 is 1.54 bits per heavy atom. The zero-order valence-corrected chi connectivity index (χ0v) is 8.04. The number of ether oxygens (including phenoxy) is 2. The second kappa shape index (κ2) is 5.94. The van der Waals surface area contributed by atoms with Crippen LogP contribution in [0.25, 0.3) is 0 Å². The van der Waals surface area contributed by atoms with Gasteiger partial charge in [-0.05, 0) is 7.05 Å². The molecule has 0 amide bonds. The Morgan fingerprint density at radius 3 is 2.85 bits per heavy atom. The van der Waals surface area contributed by atoms with E-state index in [1.165, 1.54) is 0 Å². The fourth-order valence-electron chi connectivity index (χ4n) is 1.27. The van der Waals surface area contributed by atoms with Gasteiger partial charge in [0, 0.05) is 19.4 Å². The van der Waals surface area contributed by atoms with Crippen LogP contribution >= 0.6 is 0 Å². The zero-order valence-electron chi connectivity index (χ0n) is 8.04. The van der Waals surface area contributed by atoms with Crippen LogP contribution in [0.5, 0.6) is 0 Å². The van der Waals surface area contributed by atoms with Crippen molar-refractivity contribution in [3.63, 3.8) is 0 Å². The number of esters is 1. The molecule has 1 aliphatic heterocycles. The molecule has 0 unspecified atom stereocenters. The molecule has 4 heteroatoms. The minimum atomic E-state index is -0.110. The van der Waals surface area contributed by atoms with Gasteiger partial charge < -0.3 is 14.8 Å². The summed E-state index contributed by atoms with van der Waals surface area (Å²) in [5, 5.41) is 2.91. The van der Waals surface area contributed by atoms with Crippen LogP contribution in [0.2, 0.25) is 0 Å². The van der Waals surface area contributed by atoms with Crippen LogP contribution in [0.1, 0.15) is 19.3 Å². The van der Waals surface area contributed by atoms with E-state index in [9.17, 15) is 4.79 Å². The van der Waals surface area contributed by atoms with Gasteiger partial charge in [0.2, 0.25) is 0 Å². The number of hydrogen-bond donors (Lipinski definition) is 1. The SMILES string of the molecule is CNCCC(=O)OC1CCOCC1. The summed E-state index contributed by atoms with van der Waals surface area (Å²) >= 11 is 0. The van der Waals surface area contributed by atoms with Crippen molar-refractivity contribution in [1.82, 2.24) is 5.32 Å². The predicted octanol–water partition coefficient (Wildman–Crippen LogP) is 0.318. The molecule has 0 aromatic heterocycles. The molecule has 4 nitrogen and oxygen atoms in total. The normalized spacial score (nSPS) is 18.5. The molecule has 1 saturated heterocycles. The first-order valence-electron chi connectivity index (χ1n) is 4.74.